The van der Waals surface area contributed by atoms with Gasteiger partial charge in [0.15, 0.2) is 0 Å². The summed E-state index contributed by atoms with van der Waals surface area (Å²) in [6.45, 7) is 2.32. The standard InChI is InChI=1S/C12H15ClO2/c1-9-3-4-11(10(13)7-9)15-8-12(14)5-2-6-12/h3-4,7,14H,2,5-6,8H2,1H3. The van der Waals surface area contributed by atoms with Crippen molar-refractivity contribution in [2.45, 2.75) is 31.8 Å². The lowest BCUT2D eigenvalue weighted by molar-refractivity contribution is -0.0663. The molecular formula is C12H15ClO2. The molecule has 0 unspecified atom stereocenters. The number of rotatable bonds is 3. The predicted molar refractivity (Wildman–Crippen MR) is 60.5 cm³/mol. The van der Waals surface area contributed by atoms with Gasteiger partial charge in [0.2, 0.25) is 0 Å². The second kappa shape index (κ2) is 4.03. The Kier molecular flexibility index (Phi) is 2.89. The summed E-state index contributed by atoms with van der Waals surface area (Å²) >= 11 is 6.01. The molecule has 0 atom stereocenters. The van der Waals surface area contributed by atoms with Crippen molar-refractivity contribution in [1.29, 1.82) is 0 Å². The lowest BCUT2D eigenvalue weighted by Crippen LogP contribution is -2.42. The smallest absolute Gasteiger partial charge is 0.138 e. The minimum Gasteiger partial charge on any atom is -0.489 e. The summed E-state index contributed by atoms with van der Waals surface area (Å²) in [5, 5.41) is 10.5. The summed E-state index contributed by atoms with van der Waals surface area (Å²) in [5.74, 6) is 0.655. The number of halogens is 1. The largest absolute Gasteiger partial charge is 0.489 e. The highest BCUT2D eigenvalue weighted by molar-refractivity contribution is 6.32. The highest BCUT2D eigenvalue weighted by Crippen LogP contribution is 2.33. The normalized spacial score (nSPS) is 18.3. The van der Waals surface area contributed by atoms with Crippen molar-refractivity contribution in [3.8, 4) is 5.75 Å². The Morgan fingerprint density at radius 3 is 2.73 bits per heavy atom. The lowest BCUT2D eigenvalue weighted by Gasteiger charge is -2.36. The number of benzene rings is 1. The van der Waals surface area contributed by atoms with Crippen molar-refractivity contribution in [3.05, 3.63) is 28.8 Å². The molecule has 1 N–H and O–H groups in total. The molecule has 82 valence electrons. The van der Waals surface area contributed by atoms with Crippen molar-refractivity contribution in [3.63, 3.8) is 0 Å². The topological polar surface area (TPSA) is 29.5 Å². The van der Waals surface area contributed by atoms with Crippen LogP contribution >= 0.6 is 11.6 Å². The molecule has 0 bridgehead atoms. The van der Waals surface area contributed by atoms with E-state index in [9.17, 15) is 5.11 Å². The van der Waals surface area contributed by atoms with E-state index in [4.69, 9.17) is 16.3 Å². The van der Waals surface area contributed by atoms with Crippen LogP contribution in [-0.4, -0.2) is 17.3 Å². The van der Waals surface area contributed by atoms with E-state index in [2.05, 4.69) is 0 Å². The highest BCUT2D eigenvalue weighted by atomic mass is 35.5. The molecule has 0 aliphatic heterocycles. The van der Waals surface area contributed by atoms with Gasteiger partial charge in [0.25, 0.3) is 0 Å². The summed E-state index contributed by atoms with van der Waals surface area (Å²) in [6, 6.07) is 5.66. The van der Waals surface area contributed by atoms with Crippen LogP contribution in [0.25, 0.3) is 0 Å². The third-order valence-corrected chi connectivity index (χ3v) is 3.16. The van der Waals surface area contributed by atoms with Crippen LogP contribution in [0.4, 0.5) is 0 Å². The maximum Gasteiger partial charge on any atom is 0.138 e. The van der Waals surface area contributed by atoms with Crippen LogP contribution in [0.15, 0.2) is 18.2 Å². The van der Waals surface area contributed by atoms with Crippen LogP contribution in [0.5, 0.6) is 5.75 Å². The van der Waals surface area contributed by atoms with Gasteiger partial charge in [-0.15, -0.1) is 0 Å². The lowest BCUT2D eigenvalue weighted by atomic mass is 9.81. The van der Waals surface area contributed by atoms with Gasteiger partial charge in [0.1, 0.15) is 12.4 Å². The predicted octanol–water partition coefficient (Wildman–Crippen LogP) is 2.94. The second-order valence-electron chi connectivity index (χ2n) is 4.30. The molecule has 3 heteroatoms. The van der Waals surface area contributed by atoms with E-state index >= 15 is 0 Å². The van der Waals surface area contributed by atoms with E-state index in [1.165, 1.54) is 0 Å². The van der Waals surface area contributed by atoms with Crippen molar-refractivity contribution in [2.75, 3.05) is 6.61 Å². The Morgan fingerprint density at radius 1 is 1.47 bits per heavy atom. The molecule has 1 aliphatic rings. The highest BCUT2D eigenvalue weighted by Gasteiger charge is 2.35. The zero-order valence-electron chi connectivity index (χ0n) is 8.79. The first-order chi connectivity index (χ1) is 7.09. The van der Waals surface area contributed by atoms with Gasteiger partial charge in [-0.3, -0.25) is 0 Å². The summed E-state index contributed by atoms with van der Waals surface area (Å²) in [4.78, 5) is 0. The molecule has 0 aromatic heterocycles. The van der Waals surface area contributed by atoms with Gasteiger partial charge in [0, 0.05) is 0 Å². The van der Waals surface area contributed by atoms with Crippen LogP contribution in [-0.2, 0) is 0 Å². The van der Waals surface area contributed by atoms with Crippen molar-refractivity contribution >= 4 is 11.6 Å². The van der Waals surface area contributed by atoms with Crippen molar-refractivity contribution < 1.29 is 9.84 Å². The Hall–Kier alpha value is -0.730. The van der Waals surface area contributed by atoms with Crippen LogP contribution in [0.2, 0.25) is 5.02 Å². The van der Waals surface area contributed by atoms with Gasteiger partial charge < -0.3 is 9.84 Å². The molecule has 0 saturated heterocycles. The Bertz CT molecular complexity index is 359. The first kappa shape index (κ1) is 10.8. The van der Waals surface area contributed by atoms with Gasteiger partial charge in [-0.25, -0.2) is 0 Å². The molecule has 1 fully saturated rings. The fourth-order valence-corrected chi connectivity index (χ4v) is 1.95. The molecule has 1 saturated carbocycles. The third-order valence-electron chi connectivity index (χ3n) is 2.87. The molecule has 2 rings (SSSR count). The van der Waals surface area contributed by atoms with E-state index in [1.54, 1.807) is 0 Å². The Labute approximate surface area is 94.8 Å². The number of aryl methyl sites for hydroxylation is 1. The monoisotopic (exact) mass is 226 g/mol. The first-order valence-electron chi connectivity index (χ1n) is 5.20. The minimum atomic E-state index is -0.617. The minimum absolute atomic E-state index is 0.343. The summed E-state index contributed by atoms with van der Waals surface area (Å²) in [6.07, 6.45) is 2.74. The summed E-state index contributed by atoms with van der Waals surface area (Å²) in [5.41, 5.74) is 0.489. The van der Waals surface area contributed by atoms with Crippen LogP contribution in [0, 0.1) is 6.92 Å². The molecule has 0 heterocycles. The Morgan fingerprint density at radius 2 is 2.20 bits per heavy atom. The molecule has 1 aromatic carbocycles. The van der Waals surface area contributed by atoms with E-state index < -0.39 is 5.60 Å². The molecular weight excluding hydrogens is 212 g/mol. The zero-order valence-corrected chi connectivity index (χ0v) is 9.55. The van der Waals surface area contributed by atoms with E-state index in [0.717, 1.165) is 24.8 Å². The average molecular weight is 227 g/mol. The molecule has 1 aliphatic carbocycles. The maximum absolute atomic E-state index is 9.85. The second-order valence-corrected chi connectivity index (χ2v) is 4.71. The van der Waals surface area contributed by atoms with Gasteiger partial charge >= 0.3 is 0 Å². The average Bonchev–Trinajstić information content (AvgIpc) is 2.14. The maximum atomic E-state index is 9.85. The van der Waals surface area contributed by atoms with Gasteiger partial charge in [0.05, 0.1) is 10.6 Å². The van der Waals surface area contributed by atoms with E-state index in [0.29, 0.717) is 17.4 Å². The van der Waals surface area contributed by atoms with Crippen molar-refractivity contribution in [2.24, 2.45) is 0 Å². The zero-order chi connectivity index (χ0) is 10.9. The van der Waals surface area contributed by atoms with Crippen LogP contribution < -0.4 is 4.74 Å². The molecule has 0 spiro atoms. The van der Waals surface area contributed by atoms with Gasteiger partial charge in [-0.2, -0.15) is 0 Å². The fourth-order valence-electron chi connectivity index (χ4n) is 1.66. The quantitative estimate of drug-likeness (QED) is 0.859. The number of hydrogen-bond acceptors (Lipinski definition) is 2. The summed E-state index contributed by atoms with van der Waals surface area (Å²) in [7, 11) is 0. The molecule has 1 aromatic rings. The van der Waals surface area contributed by atoms with Gasteiger partial charge in [-0.1, -0.05) is 17.7 Å². The number of hydrogen-bond donors (Lipinski definition) is 1. The molecule has 2 nitrogen and oxygen atoms in total. The number of ether oxygens (including phenoxy) is 1. The van der Waals surface area contributed by atoms with E-state index in [-0.39, 0.29) is 0 Å². The number of aliphatic hydroxyl groups is 1. The molecule has 0 amide bonds. The SMILES string of the molecule is Cc1ccc(OCC2(O)CCC2)c(Cl)c1. The Balaban J connectivity index is 1.98. The molecule has 0 radical (unpaired) electrons. The van der Waals surface area contributed by atoms with Crippen LogP contribution in [0.1, 0.15) is 24.8 Å². The van der Waals surface area contributed by atoms with Crippen LogP contribution in [0.3, 0.4) is 0 Å². The third kappa shape index (κ3) is 2.44. The fraction of sp³-hybridized carbons (Fsp3) is 0.500. The molecule has 15 heavy (non-hydrogen) atoms. The first-order valence-corrected chi connectivity index (χ1v) is 5.58. The van der Waals surface area contributed by atoms with E-state index in [1.807, 2.05) is 25.1 Å². The van der Waals surface area contributed by atoms with Crippen molar-refractivity contribution in [1.82, 2.24) is 0 Å². The van der Waals surface area contributed by atoms with Gasteiger partial charge in [-0.05, 0) is 43.9 Å². The summed E-state index contributed by atoms with van der Waals surface area (Å²) < 4.78 is 5.52.